The average molecular weight is 324 g/mol. The molecule has 1 unspecified atom stereocenters. The van der Waals surface area contributed by atoms with Crippen LogP contribution in [-0.2, 0) is 9.53 Å². The quantitative estimate of drug-likeness (QED) is 0.733. The molecule has 0 fully saturated rings. The van der Waals surface area contributed by atoms with Crippen molar-refractivity contribution in [3.63, 3.8) is 0 Å². The highest BCUT2D eigenvalue weighted by molar-refractivity contribution is 5.75. The van der Waals surface area contributed by atoms with E-state index < -0.39 is 18.3 Å². The lowest BCUT2D eigenvalue weighted by Crippen LogP contribution is -2.26. The second-order valence-electron chi connectivity index (χ2n) is 4.81. The summed E-state index contributed by atoms with van der Waals surface area (Å²) in [7, 11) is 0. The molecule has 22 heavy (non-hydrogen) atoms. The highest BCUT2D eigenvalue weighted by atomic mass is 19.2. The lowest BCUT2D eigenvalue weighted by Gasteiger charge is -2.20. The van der Waals surface area contributed by atoms with Crippen LogP contribution in [0.1, 0.15) is 47.5 Å². The molecule has 1 atom stereocenters. The van der Waals surface area contributed by atoms with Gasteiger partial charge < -0.3 is 4.74 Å². The molecule has 130 valence electrons. The number of hydrogen-bond acceptors (Lipinski definition) is 3. The first-order chi connectivity index (χ1) is 10.3. The number of alkyl halides is 2. The van der Waals surface area contributed by atoms with Crippen LogP contribution >= 0.6 is 0 Å². The van der Waals surface area contributed by atoms with Crippen LogP contribution in [0.3, 0.4) is 0 Å². The molecule has 1 aromatic heterocycles. The Kier molecular flexibility index (Phi) is 13.6. The number of halogens is 3. The number of esters is 1. The van der Waals surface area contributed by atoms with Gasteiger partial charge in [0.25, 0.3) is 0 Å². The van der Waals surface area contributed by atoms with Crippen molar-refractivity contribution in [1.29, 1.82) is 0 Å². The van der Waals surface area contributed by atoms with E-state index >= 15 is 0 Å². The minimum Gasteiger partial charge on any atom is -0.465 e. The Morgan fingerprint density at radius 1 is 1.41 bits per heavy atom. The Morgan fingerprint density at radius 3 is 2.32 bits per heavy atom. The normalized spacial score (nSPS) is 11.5. The molecule has 7 heteroatoms. The number of aromatic nitrogens is 2. The third kappa shape index (κ3) is 11.2. The SMILES string of the molecule is CC.CCC(C)(C)C(=O)OCCC(F)CF.Fn1cccn1. The second kappa shape index (κ2) is 13.2. The first kappa shape index (κ1) is 22.7. The summed E-state index contributed by atoms with van der Waals surface area (Å²) >= 11 is 0. The van der Waals surface area contributed by atoms with Gasteiger partial charge >= 0.3 is 5.97 Å². The van der Waals surface area contributed by atoms with Gasteiger partial charge in [-0.15, -0.1) is 4.90 Å². The van der Waals surface area contributed by atoms with Crippen molar-refractivity contribution < 1.29 is 22.8 Å². The maximum Gasteiger partial charge on any atom is 0.311 e. The summed E-state index contributed by atoms with van der Waals surface area (Å²) in [6.45, 7) is 8.33. The third-order valence-electron chi connectivity index (χ3n) is 2.74. The molecule has 0 aliphatic rings. The molecule has 0 spiro atoms. The predicted molar refractivity (Wildman–Crippen MR) is 80.6 cm³/mol. The van der Waals surface area contributed by atoms with Gasteiger partial charge in [-0.05, 0) is 26.3 Å². The summed E-state index contributed by atoms with van der Waals surface area (Å²) in [5.41, 5.74) is -0.540. The largest absolute Gasteiger partial charge is 0.465 e. The zero-order valence-electron chi connectivity index (χ0n) is 14.0. The molecule has 0 saturated heterocycles. The van der Waals surface area contributed by atoms with E-state index in [4.69, 9.17) is 4.74 Å². The van der Waals surface area contributed by atoms with E-state index in [9.17, 15) is 18.1 Å². The van der Waals surface area contributed by atoms with Gasteiger partial charge in [0.15, 0.2) is 0 Å². The first-order valence-electron chi connectivity index (χ1n) is 7.36. The van der Waals surface area contributed by atoms with Crippen molar-refractivity contribution in [2.75, 3.05) is 13.3 Å². The fourth-order valence-electron chi connectivity index (χ4n) is 0.947. The summed E-state index contributed by atoms with van der Waals surface area (Å²) < 4.78 is 40.4. The molecular weight excluding hydrogens is 297 g/mol. The average Bonchev–Trinajstić information content (AvgIpc) is 3.00. The van der Waals surface area contributed by atoms with Crippen molar-refractivity contribution >= 4 is 5.97 Å². The zero-order chi connectivity index (χ0) is 17.6. The molecule has 0 aromatic carbocycles. The Bertz CT molecular complexity index is 371. The molecule has 1 aromatic rings. The molecule has 0 saturated carbocycles. The zero-order valence-corrected chi connectivity index (χ0v) is 14.0. The Balaban J connectivity index is 0. The third-order valence-corrected chi connectivity index (χ3v) is 2.74. The van der Waals surface area contributed by atoms with Crippen LogP contribution in [0.15, 0.2) is 18.5 Å². The van der Waals surface area contributed by atoms with Gasteiger partial charge in [-0.1, -0.05) is 25.3 Å². The van der Waals surface area contributed by atoms with Gasteiger partial charge in [0.1, 0.15) is 12.8 Å². The van der Waals surface area contributed by atoms with Gasteiger partial charge in [-0.25, -0.2) is 8.78 Å². The van der Waals surface area contributed by atoms with Crippen LogP contribution < -0.4 is 0 Å². The topological polar surface area (TPSA) is 44.1 Å². The smallest absolute Gasteiger partial charge is 0.311 e. The highest BCUT2D eigenvalue weighted by Gasteiger charge is 2.27. The molecule has 0 amide bonds. The van der Waals surface area contributed by atoms with E-state index in [1.165, 1.54) is 18.5 Å². The first-order valence-corrected chi connectivity index (χ1v) is 7.36. The molecule has 4 nitrogen and oxygen atoms in total. The Hall–Kier alpha value is -1.53. The van der Waals surface area contributed by atoms with Crippen molar-refractivity contribution in [2.45, 2.75) is 53.6 Å². The number of carbonyl (C=O) groups is 1. The maximum atomic E-state index is 12.4. The van der Waals surface area contributed by atoms with E-state index in [0.717, 1.165) is 0 Å². The van der Waals surface area contributed by atoms with Crippen molar-refractivity contribution in [3.05, 3.63) is 18.5 Å². The van der Waals surface area contributed by atoms with E-state index in [2.05, 4.69) is 5.10 Å². The lowest BCUT2D eigenvalue weighted by molar-refractivity contribution is -0.154. The lowest BCUT2D eigenvalue weighted by atomic mass is 9.91. The Labute approximate surface area is 130 Å². The van der Waals surface area contributed by atoms with Crippen LogP contribution in [-0.4, -0.2) is 35.4 Å². The fourth-order valence-corrected chi connectivity index (χ4v) is 0.947. The van der Waals surface area contributed by atoms with Crippen molar-refractivity contribution in [1.82, 2.24) is 10.0 Å². The summed E-state index contributed by atoms with van der Waals surface area (Å²) in [5.74, 6) is -0.356. The number of nitrogens with zero attached hydrogens (tertiary/aromatic N) is 2. The van der Waals surface area contributed by atoms with Gasteiger partial charge in [0, 0.05) is 6.42 Å². The summed E-state index contributed by atoms with van der Waals surface area (Å²) in [6.07, 6.45) is 1.67. The summed E-state index contributed by atoms with van der Waals surface area (Å²) in [5, 5.41) is 3.17. The van der Waals surface area contributed by atoms with Crippen LogP contribution in [0.2, 0.25) is 0 Å². The standard InChI is InChI=1S/C10H18F2O2.C3H3FN2.C2H6/c1-4-10(2,3)9(13)14-6-5-8(12)7-11;4-6-3-1-2-5-6;1-2/h8H,4-7H2,1-3H3;1-3H;1-2H3. The van der Waals surface area contributed by atoms with Crippen LogP contribution in [0.25, 0.3) is 0 Å². The van der Waals surface area contributed by atoms with Gasteiger partial charge in [-0.2, -0.15) is 5.10 Å². The predicted octanol–water partition coefficient (Wildman–Crippen LogP) is 4.31. The van der Waals surface area contributed by atoms with Crippen molar-refractivity contribution in [3.8, 4) is 0 Å². The van der Waals surface area contributed by atoms with Gasteiger partial charge in [-0.3, -0.25) is 4.79 Å². The van der Waals surface area contributed by atoms with E-state index in [1.807, 2.05) is 20.8 Å². The fraction of sp³-hybridized carbons (Fsp3) is 0.733. The van der Waals surface area contributed by atoms with Gasteiger partial charge in [0.05, 0.1) is 24.4 Å². The molecule has 0 N–H and O–H groups in total. The monoisotopic (exact) mass is 324 g/mol. The van der Waals surface area contributed by atoms with E-state index in [1.54, 1.807) is 13.8 Å². The second-order valence-corrected chi connectivity index (χ2v) is 4.81. The van der Waals surface area contributed by atoms with Crippen LogP contribution in [0, 0.1) is 5.41 Å². The minimum atomic E-state index is -1.52. The summed E-state index contributed by atoms with van der Waals surface area (Å²) in [6, 6.07) is 1.51. The number of ether oxygens (including phenoxy) is 1. The number of rotatable bonds is 6. The number of carbonyl (C=O) groups excluding carboxylic acids is 1. The Morgan fingerprint density at radius 2 is 2.00 bits per heavy atom. The van der Waals surface area contributed by atoms with Crippen LogP contribution in [0.4, 0.5) is 13.3 Å². The van der Waals surface area contributed by atoms with E-state index in [0.29, 0.717) is 6.42 Å². The molecule has 0 bridgehead atoms. The van der Waals surface area contributed by atoms with Crippen molar-refractivity contribution in [2.24, 2.45) is 5.41 Å². The van der Waals surface area contributed by atoms with Gasteiger partial charge in [0.2, 0.25) is 0 Å². The van der Waals surface area contributed by atoms with E-state index in [-0.39, 0.29) is 23.9 Å². The van der Waals surface area contributed by atoms with Crippen LogP contribution in [0.5, 0.6) is 0 Å². The minimum absolute atomic E-state index is 0.0483. The summed E-state index contributed by atoms with van der Waals surface area (Å²) in [4.78, 5) is 11.6. The molecule has 0 aliphatic carbocycles. The molecule has 1 heterocycles. The maximum absolute atomic E-state index is 12.4. The number of hydrogen-bond donors (Lipinski definition) is 0. The highest BCUT2D eigenvalue weighted by Crippen LogP contribution is 2.21. The molecule has 1 rings (SSSR count). The molecule has 0 aliphatic heterocycles. The molecule has 0 radical (unpaired) electrons. The molecular formula is C15H27F3N2O2.